The molecule has 1 aliphatic carbocycles. The Balaban J connectivity index is 1.54. The van der Waals surface area contributed by atoms with Crippen molar-refractivity contribution in [2.45, 2.75) is 70.0 Å². The molecule has 24 heavy (non-hydrogen) atoms. The van der Waals surface area contributed by atoms with Gasteiger partial charge in [0.1, 0.15) is 11.5 Å². The third kappa shape index (κ3) is 3.27. The zero-order valence-corrected chi connectivity index (χ0v) is 14.2. The molecule has 6 heteroatoms. The molecule has 2 N–H and O–H groups in total. The van der Waals surface area contributed by atoms with Gasteiger partial charge >= 0.3 is 0 Å². The topological polar surface area (TPSA) is 96.4 Å². The lowest BCUT2D eigenvalue weighted by Crippen LogP contribution is -2.48. The number of likely N-dealkylation sites (tertiary alicyclic amines) is 1. The van der Waals surface area contributed by atoms with Gasteiger partial charge in [0.15, 0.2) is 0 Å². The van der Waals surface area contributed by atoms with Crippen molar-refractivity contribution >= 4 is 11.8 Å². The van der Waals surface area contributed by atoms with Crippen molar-refractivity contribution in [1.82, 2.24) is 4.90 Å². The van der Waals surface area contributed by atoms with Crippen LogP contribution in [0.25, 0.3) is 0 Å². The quantitative estimate of drug-likeness (QED) is 0.850. The van der Waals surface area contributed by atoms with E-state index in [1.807, 2.05) is 4.90 Å². The van der Waals surface area contributed by atoms with E-state index in [2.05, 4.69) is 6.07 Å². The van der Waals surface area contributed by atoms with E-state index in [-0.39, 0.29) is 17.9 Å². The van der Waals surface area contributed by atoms with E-state index in [0.29, 0.717) is 38.3 Å². The highest BCUT2D eigenvalue weighted by molar-refractivity contribution is 5.85. The molecule has 3 aliphatic rings. The maximum Gasteiger partial charge on any atom is 0.246 e. The number of rotatable bonds is 3. The minimum absolute atomic E-state index is 0.0329. The van der Waals surface area contributed by atoms with Crippen LogP contribution in [0.2, 0.25) is 0 Å². The molecule has 2 amide bonds. The molecule has 2 saturated heterocycles. The Morgan fingerprint density at radius 1 is 1.08 bits per heavy atom. The minimum atomic E-state index is -0.786. The highest BCUT2D eigenvalue weighted by atomic mass is 16.5. The number of carbonyl (C=O) groups excluding carboxylic acids is 2. The summed E-state index contributed by atoms with van der Waals surface area (Å²) in [6, 6.07) is 2.33. The van der Waals surface area contributed by atoms with Crippen molar-refractivity contribution < 1.29 is 14.3 Å². The standard InChI is InChI=1S/C18H27N3O3/c19-12-18(8-2-1-3-9-18)17(23)21-10-6-13(7-11-21)14-4-5-15(24-14)16(20)22/h13-15H,1-11H2,(H2,20,22)/t14-,15+/m0/s1. The maximum atomic E-state index is 12.9. The number of piperidine rings is 1. The van der Waals surface area contributed by atoms with E-state index in [1.54, 1.807) is 0 Å². The molecule has 132 valence electrons. The number of hydrogen-bond acceptors (Lipinski definition) is 4. The van der Waals surface area contributed by atoms with Gasteiger partial charge in [0, 0.05) is 13.1 Å². The van der Waals surface area contributed by atoms with Crippen LogP contribution in [0, 0.1) is 22.7 Å². The van der Waals surface area contributed by atoms with Crippen LogP contribution < -0.4 is 5.73 Å². The molecule has 2 atom stereocenters. The Labute approximate surface area is 143 Å². The SMILES string of the molecule is N#CC1(C(=O)N2CCC([C@@H]3CC[C@H](C(N)=O)O3)CC2)CCCCC1. The summed E-state index contributed by atoms with van der Waals surface area (Å²) in [7, 11) is 0. The van der Waals surface area contributed by atoms with Crippen molar-refractivity contribution in [2.24, 2.45) is 17.1 Å². The summed E-state index contributed by atoms with van der Waals surface area (Å²) in [5.41, 5.74) is 4.53. The molecule has 6 nitrogen and oxygen atoms in total. The van der Waals surface area contributed by atoms with Crippen molar-refractivity contribution in [3.63, 3.8) is 0 Å². The van der Waals surface area contributed by atoms with Gasteiger partial charge in [0.25, 0.3) is 0 Å². The number of ether oxygens (including phenoxy) is 1. The van der Waals surface area contributed by atoms with Crippen LogP contribution in [0.15, 0.2) is 0 Å². The summed E-state index contributed by atoms with van der Waals surface area (Å²) < 4.78 is 5.79. The highest BCUT2D eigenvalue weighted by Crippen LogP contribution is 2.39. The molecule has 3 rings (SSSR count). The summed E-state index contributed by atoms with van der Waals surface area (Å²) in [4.78, 5) is 26.0. The van der Waals surface area contributed by atoms with Gasteiger partial charge in [-0.15, -0.1) is 0 Å². The monoisotopic (exact) mass is 333 g/mol. The van der Waals surface area contributed by atoms with Gasteiger partial charge in [0.2, 0.25) is 11.8 Å². The fourth-order valence-corrected chi connectivity index (χ4v) is 4.52. The van der Waals surface area contributed by atoms with E-state index >= 15 is 0 Å². The molecule has 2 aliphatic heterocycles. The lowest BCUT2D eigenvalue weighted by molar-refractivity contribution is -0.143. The predicted molar refractivity (Wildman–Crippen MR) is 87.5 cm³/mol. The fourth-order valence-electron chi connectivity index (χ4n) is 4.52. The first-order valence-corrected chi connectivity index (χ1v) is 9.21. The molecule has 2 heterocycles. The van der Waals surface area contributed by atoms with E-state index in [4.69, 9.17) is 10.5 Å². The normalized spacial score (nSPS) is 30.7. The van der Waals surface area contributed by atoms with E-state index in [0.717, 1.165) is 38.5 Å². The molecule has 3 fully saturated rings. The first-order chi connectivity index (χ1) is 11.6. The van der Waals surface area contributed by atoms with Crippen LogP contribution in [-0.4, -0.2) is 42.0 Å². The number of nitrogens with two attached hydrogens (primary N) is 1. The van der Waals surface area contributed by atoms with Gasteiger partial charge in [-0.3, -0.25) is 9.59 Å². The van der Waals surface area contributed by atoms with Crippen molar-refractivity contribution in [3.05, 3.63) is 0 Å². The first-order valence-electron chi connectivity index (χ1n) is 9.21. The van der Waals surface area contributed by atoms with Crippen LogP contribution in [0.5, 0.6) is 0 Å². The number of primary amides is 1. The molecule has 0 spiro atoms. The van der Waals surface area contributed by atoms with Gasteiger partial charge in [-0.25, -0.2) is 0 Å². The number of nitrogens with zero attached hydrogens (tertiary/aromatic N) is 2. The third-order valence-corrected chi connectivity index (χ3v) is 6.05. The maximum absolute atomic E-state index is 12.9. The second-order valence-corrected chi connectivity index (χ2v) is 7.53. The Morgan fingerprint density at radius 2 is 1.75 bits per heavy atom. The zero-order chi connectivity index (χ0) is 17.2. The average molecular weight is 333 g/mol. The van der Waals surface area contributed by atoms with Crippen LogP contribution in [0.3, 0.4) is 0 Å². The molecule has 0 aromatic rings. The van der Waals surface area contributed by atoms with Gasteiger partial charge in [-0.2, -0.15) is 5.26 Å². The largest absolute Gasteiger partial charge is 0.367 e. The Morgan fingerprint density at radius 3 is 2.29 bits per heavy atom. The second-order valence-electron chi connectivity index (χ2n) is 7.53. The average Bonchev–Trinajstić information content (AvgIpc) is 3.12. The van der Waals surface area contributed by atoms with E-state index in [9.17, 15) is 14.9 Å². The van der Waals surface area contributed by atoms with E-state index < -0.39 is 11.5 Å². The Kier molecular flexibility index (Phi) is 5.09. The molecule has 0 radical (unpaired) electrons. The smallest absolute Gasteiger partial charge is 0.246 e. The van der Waals surface area contributed by atoms with Crippen LogP contribution in [0.4, 0.5) is 0 Å². The summed E-state index contributed by atoms with van der Waals surface area (Å²) in [5, 5.41) is 9.59. The zero-order valence-electron chi connectivity index (χ0n) is 14.2. The summed E-state index contributed by atoms with van der Waals surface area (Å²) >= 11 is 0. The summed E-state index contributed by atoms with van der Waals surface area (Å²) in [6.45, 7) is 1.38. The van der Waals surface area contributed by atoms with Gasteiger partial charge in [-0.05, 0) is 44.4 Å². The summed E-state index contributed by atoms with van der Waals surface area (Å²) in [5.74, 6) is 0.0340. The number of carbonyl (C=O) groups is 2. The van der Waals surface area contributed by atoms with Crippen LogP contribution in [-0.2, 0) is 14.3 Å². The van der Waals surface area contributed by atoms with E-state index in [1.165, 1.54) is 0 Å². The number of nitriles is 1. The minimum Gasteiger partial charge on any atom is -0.367 e. The molecular weight excluding hydrogens is 306 g/mol. The lowest BCUT2D eigenvalue weighted by atomic mass is 9.73. The Hall–Kier alpha value is -1.61. The van der Waals surface area contributed by atoms with Gasteiger partial charge in [0.05, 0.1) is 12.2 Å². The van der Waals surface area contributed by atoms with Gasteiger partial charge < -0.3 is 15.4 Å². The van der Waals surface area contributed by atoms with Crippen molar-refractivity contribution in [1.29, 1.82) is 5.26 Å². The molecule has 0 aromatic heterocycles. The number of hydrogen-bond donors (Lipinski definition) is 1. The van der Waals surface area contributed by atoms with Crippen molar-refractivity contribution in [3.8, 4) is 6.07 Å². The van der Waals surface area contributed by atoms with Crippen LogP contribution in [0.1, 0.15) is 57.8 Å². The van der Waals surface area contributed by atoms with Gasteiger partial charge in [-0.1, -0.05) is 19.3 Å². The summed E-state index contributed by atoms with van der Waals surface area (Å²) in [6.07, 6.45) is 7.44. The molecule has 0 bridgehead atoms. The van der Waals surface area contributed by atoms with Crippen molar-refractivity contribution in [2.75, 3.05) is 13.1 Å². The molecule has 0 unspecified atom stereocenters. The van der Waals surface area contributed by atoms with Crippen LogP contribution >= 0.6 is 0 Å². The first kappa shape index (κ1) is 17.2. The third-order valence-electron chi connectivity index (χ3n) is 6.05. The lowest BCUT2D eigenvalue weighted by Gasteiger charge is -2.39. The predicted octanol–water partition coefficient (Wildman–Crippen LogP) is 1.73. The fraction of sp³-hybridized carbons (Fsp3) is 0.833. The second kappa shape index (κ2) is 7.10. The Bertz CT molecular complexity index is 528. The molecular formula is C18H27N3O3. The molecule has 1 saturated carbocycles. The number of amides is 2. The highest BCUT2D eigenvalue weighted by Gasteiger charge is 2.44. The molecule has 0 aromatic carbocycles.